The second-order valence-corrected chi connectivity index (χ2v) is 17.0. The van der Waals surface area contributed by atoms with Gasteiger partial charge in [-0.3, -0.25) is 19.3 Å². The number of ether oxygens (including phenoxy) is 1. The molecule has 2 fully saturated rings. The smallest absolute Gasteiger partial charge is 0.410 e. The number of sulfonamides is 1. The van der Waals surface area contributed by atoms with Crippen LogP contribution in [-0.4, -0.2) is 78.8 Å². The molecule has 0 bridgehead atoms. The van der Waals surface area contributed by atoms with Crippen LogP contribution in [0.25, 0.3) is 0 Å². The highest BCUT2D eigenvalue weighted by atomic mass is 32.2. The van der Waals surface area contributed by atoms with Crippen LogP contribution in [0.3, 0.4) is 0 Å². The molecule has 1 spiro atoms. The number of carbonyl (C=O) groups is 4. The van der Waals surface area contributed by atoms with Gasteiger partial charge in [-0.05, 0) is 48.6 Å². The summed E-state index contributed by atoms with van der Waals surface area (Å²) in [4.78, 5) is 59.1. The molecular weight excluding hydrogens is 752 g/mol. The number of para-hydroxylation sites is 1. The number of nitrogens with one attached hydrogen (secondary N) is 4. The van der Waals surface area contributed by atoms with E-state index in [2.05, 4.69) is 27.3 Å². The summed E-state index contributed by atoms with van der Waals surface area (Å²) in [5.74, 6) is -2.96. The summed E-state index contributed by atoms with van der Waals surface area (Å²) in [5.41, 5.74) is 0.777. The highest BCUT2D eigenvalue weighted by Gasteiger charge is 2.61. The molecule has 7 rings (SSSR count). The monoisotopic (exact) mass is 800 g/mol. The van der Waals surface area contributed by atoms with Crippen LogP contribution in [0, 0.1) is 11.7 Å². The molecule has 0 radical (unpaired) electrons. The predicted octanol–water partition coefficient (Wildman–Crippen LogP) is 4.74. The largest absolute Gasteiger partial charge is 0.444 e. The number of hydrogen-bond acceptors (Lipinski definition) is 9. The van der Waals surface area contributed by atoms with Crippen molar-refractivity contribution in [3.63, 3.8) is 0 Å². The molecule has 57 heavy (non-hydrogen) atoms. The zero-order chi connectivity index (χ0) is 40.2. The molecule has 3 aliphatic heterocycles. The molecule has 1 saturated heterocycles. The Balaban J connectivity index is 1.16. The van der Waals surface area contributed by atoms with Gasteiger partial charge < -0.3 is 25.6 Å². The lowest BCUT2D eigenvalue weighted by molar-refractivity contribution is -0.141. The van der Waals surface area contributed by atoms with Gasteiger partial charge in [-0.15, -0.1) is 6.58 Å². The highest BCUT2D eigenvalue weighted by molar-refractivity contribution is 7.90. The van der Waals surface area contributed by atoms with Gasteiger partial charge in [0.15, 0.2) is 0 Å². The highest BCUT2D eigenvalue weighted by Crippen LogP contribution is 2.45. The third-order valence-electron chi connectivity index (χ3n) is 11.4. The summed E-state index contributed by atoms with van der Waals surface area (Å²) in [6, 6.07) is 18.8. The molecule has 4 amide bonds. The summed E-state index contributed by atoms with van der Waals surface area (Å²) in [5, 5.41) is 9.41. The van der Waals surface area contributed by atoms with Crippen molar-refractivity contribution in [3.05, 3.63) is 108 Å². The van der Waals surface area contributed by atoms with E-state index in [0.29, 0.717) is 36.3 Å². The molecule has 302 valence electrons. The average molecular weight is 801 g/mol. The first-order valence-electron chi connectivity index (χ1n) is 19.6. The first-order chi connectivity index (χ1) is 27.5. The van der Waals surface area contributed by atoms with Gasteiger partial charge in [-0.1, -0.05) is 86.4 Å². The van der Waals surface area contributed by atoms with Crippen molar-refractivity contribution < 1.29 is 36.7 Å². The quantitative estimate of drug-likeness (QED) is 0.267. The van der Waals surface area contributed by atoms with Crippen LogP contribution >= 0.6 is 0 Å². The maximum Gasteiger partial charge on any atom is 0.410 e. The van der Waals surface area contributed by atoms with Crippen molar-refractivity contribution >= 4 is 39.5 Å². The number of carbonyl (C=O) groups excluding carboxylic acids is 4. The van der Waals surface area contributed by atoms with Gasteiger partial charge in [0.2, 0.25) is 11.8 Å². The van der Waals surface area contributed by atoms with E-state index in [1.54, 1.807) is 30.3 Å². The average Bonchev–Trinajstić information content (AvgIpc) is 3.49. The predicted molar refractivity (Wildman–Crippen MR) is 210 cm³/mol. The Kier molecular flexibility index (Phi) is 12.0. The van der Waals surface area contributed by atoms with E-state index < -0.39 is 63.4 Å². The number of nitrogens with zero attached hydrogens (tertiary/aromatic N) is 2. The van der Waals surface area contributed by atoms with Crippen molar-refractivity contribution in [1.29, 1.82) is 0 Å². The molecule has 0 aromatic heterocycles. The van der Waals surface area contributed by atoms with E-state index in [1.807, 2.05) is 30.3 Å². The second kappa shape index (κ2) is 17.1. The molecule has 3 aromatic rings. The number of halogens is 1. The number of rotatable bonds is 5. The fourth-order valence-electron chi connectivity index (χ4n) is 8.13. The second-order valence-electron chi connectivity index (χ2n) is 15.3. The third-order valence-corrected chi connectivity index (χ3v) is 12.8. The lowest BCUT2D eigenvalue weighted by Gasteiger charge is -2.30. The van der Waals surface area contributed by atoms with Crippen LogP contribution in [0.2, 0.25) is 0 Å². The molecule has 5 atom stereocenters. The summed E-state index contributed by atoms with van der Waals surface area (Å²) < 4.78 is 50.0. The van der Waals surface area contributed by atoms with Gasteiger partial charge in [-0.2, -0.15) is 0 Å². The van der Waals surface area contributed by atoms with E-state index in [4.69, 9.17) is 4.74 Å². The van der Waals surface area contributed by atoms with Crippen LogP contribution in [-0.2, 0) is 48.8 Å². The minimum atomic E-state index is -4.38. The first-order valence-corrected chi connectivity index (χ1v) is 21.1. The molecule has 3 aromatic carbocycles. The molecule has 0 unspecified atom stereocenters. The number of anilines is 1. The van der Waals surface area contributed by atoms with Crippen molar-refractivity contribution in [2.45, 2.75) is 99.6 Å². The summed E-state index contributed by atoms with van der Waals surface area (Å²) in [6.07, 6.45) is 4.52. The molecule has 3 heterocycles. The first kappa shape index (κ1) is 39.9. The van der Waals surface area contributed by atoms with Crippen LogP contribution < -0.4 is 20.7 Å². The van der Waals surface area contributed by atoms with Crippen molar-refractivity contribution in [2.75, 3.05) is 18.4 Å². The Morgan fingerprint density at radius 1 is 0.965 bits per heavy atom. The van der Waals surface area contributed by atoms with E-state index in [-0.39, 0.29) is 43.3 Å². The van der Waals surface area contributed by atoms with Gasteiger partial charge >= 0.3 is 6.09 Å². The zero-order valence-electron chi connectivity index (χ0n) is 31.8. The van der Waals surface area contributed by atoms with Crippen molar-refractivity contribution in [3.8, 4) is 0 Å². The Labute approximate surface area is 332 Å². The van der Waals surface area contributed by atoms with E-state index >= 15 is 0 Å². The topological polar surface area (TPSA) is 166 Å². The van der Waals surface area contributed by atoms with Gasteiger partial charge in [0.05, 0.1) is 24.8 Å². The standard InChI is InChI=1S/C42H49FN6O7S/c1-2-30-23-42(30)40(52)47-57(54,55)37-20-11-10-18-34(37)44-21-12-5-3-4-9-19-35(45-24-28-14-7-6-8-15-28)39(51)49-26-31(22-36(49)38(50)46-42)56-41(53)48-25-29-16-13-17-33(43)32(29)27-48/h2,6-8,10-11,13-18,20,30-31,35-36,44-45H,1,3-5,9,12,19,21-27H2,(H,46,50)(H,47,52)/t30-,31-,35+,36+,42-/m1/s1. The summed E-state index contributed by atoms with van der Waals surface area (Å²) >= 11 is 0. The molecule has 13 nitrogen and oxygen atoms in total. The normalized spacial score (nSPS) is 26.6. The van der Waals surface area contributed by atoms with Gasteiger partial charge in [0.1, 0.15) is 28.4 Å². The van der Waals surface area contributed by atoms with Crippen LogP contribution in [0.1, 0.15) is 68.1 Å². The van der Waals surface area contributed by atoms with Crippen LogP contribution in [0.5, 0.6) is 0 Å². The minimum absolute atomic E-state index is 0.0234. The minimum Gasteiger partial charge on any atom is -0.444 e. The third kappa shape index (κ3) is 8.84. The fraction of sp³-hybridized carbons (Fsp3) is 0.429. The van der Waals surface area contributed by atoms with E-state index in [9.17, 15) is 32.0 Å². The maximum atomic E-state index is 14.6. The lowest BCUT2D eigenvalue weighted by atomic mass is 10.0. The van der Waals surface area contributed by atoms with Crippen molar-refractivity contribution in [1.82, 2.24) is 25.2 Å². The lowest BCUT2D eigenvalue weighted by Crippen LogP contribution is -2.57. The molecule has 1 saturated carbocycles. The number of amides is 4. The van der Waals surface area contributed by atoms with Crippen LogP contribution in [0.15, 0.2) is 90.3 Å². The van der Waals surface area contributed by atoms with Crippen LogP contribution in [0.4, 0.5) is 14.9 Å². The molecule has 1 aliphatic carbocycles. The number of hydrogen-bond donors (Lipinski definition) is 4. The van der Waals surface area contributed by atoms with Crippen molar-refractivity contribution in [2.24, 2.45) is 5.92 Å². The molecule has 4 aliphatic rings. The number of fused-ring (bicyclic) bond motifs is 3. The summed E-state index contributed by atoms with van der Waals surface area (Å²) in [7, 11) is -4.38. The zero-order valence-corrected chi connectivity index (χ0v) is 32.6. The Morgan fingerprint density at radius 2 is 1.72 bits per heavy atom. The maximum absolute atomic E-state index is 14.6. The Bertz CT molecular complexity index is 2120. The molecule has 4 N–H and O–H groups in total. The Morgan fingerprint density at radius 3 is 2.49 bits per heavy atom. The molecular formula is C42H49FN6O7S. The summed E-state index contributed by atoms with van der Waals surface area (Å²) in [6.45, 7) is 4.81. The fourth-order valence-corrected chi connectivity index (χ4v) is 9.35. The SMILES string of the molecule is C=C[C@@H]1C[C@@]12NC(=O)[C@@H]1C[C@@H](OC(=O)N3Cc4cccc(F)c4C3)CN1C(=O)[C@@H](NCc1ccccc1)CCCCCCCNc1ccccc1S(=O)(=O)NC2=O. The Hall–Kier alpha value is -5.28. The number of benzene rings is 3. The van der Waals surface area contributed by atoms with Gasteiger partial charge in [0, 0.05) is 37.5 Å². The van der Waals surface area contributed by atoms with Gasteiger partial charge in [0.25, 0.3) is 15.9 Å². The van der Waals surface area contributed by atoms with Gasteiger partial charge in [-0.25, -0.2) is 22.3 Å². The van der Waals surface area contributed by atoms with E-state index in [1.165, 1.54) is 28.0 Å². The molecule has 15 heteroatoms. The van der Waals surface area contributed by atoms with E-state index in [0.717, 1.165) is 37.7 Å².